The Labute approximate surface area is 105 Å². The van der Waals surface area contributed by atoms with Crippen LogP contribution in [0.5, 0.6) is 0 Å². The van der Waals surface area contributed by atoms with Crippen LogP contribution in [0.1, 0.15) is 0 Å². The maximum Gasteiger partial charge on any atom is 0.288 e. The second-order valence-electron chi connectivity index (χ2n) is 3.72. The number of halogens is 1. The summed E-state index contributed by atoms with van der Waals surface area (Å²) in [7, 11) is 0. The van der Waals surface area contributed by atoms with Gasteiger partial charge in [0.1, 0.15) is 11.3 Å². The number of hydrogen-bond donors (Lipinski definition) is 2. The minimum absolute atomic E-state index is 0.290. The van der Waals surface area contributed by atoms with Gasteiger partial charge in [-0.15, -0.1) is 0 Å². The molecule has 0 fully saturated rings. The predicted octanol–water partition coefficient (Wildman–Crippen LogP) is 1.89. The summed E-state index contributed by atoms with van der Waals surface area (Å²) in [6, 6.07) is 7.47. The van der Waals surface area contributed by atoms with Crippen LogP contribution in [-0.4, -0.2) is 19.8 Å². The van der Waals surface area contributed by atoms with E-state index in [4.69, 9.17) is 12.2 Å². The van der Waals surface area contributed by atoms with Crippen molar-refractivity contribution in [3.63, 3.8) is 0 Å². The fraction of sp³-hybridized carbons (Fsp3) is 0. The van der Waals surface area contributed by atoms with E-state index in [2.05, 4.69) is 15.3 Å². The van der Waals surface area contributed by atoms with Crippen molar-refractivity contribution in [1.29, 1.82) is 0 Å². The Bertz CT molecular complexity index is 784. The molecule has 18 heavy (non-hydrogen) atoms. The summed E-state index contributed by atoms with van der Waals surface area (Å²) in [6.07, 6.45) is 0. The zero-order valence-corrected chi connectivity index (χ0v) is 9.79. The SMILES string of the molecule is O=c1[nH][nH]c(=S)n2nc(-c3ccc(F)cc3)cc12. The van der Waals surface area contributed by atoms with Crippen LogP contribution >= 0.6 is 12.2 Å². The summed E-state index contributed by atoms with van der Waals surface area (Å²) < 4.78 is 14.5. The van der Waals surface area contributed by atoms with Crippen molar-refractivity contribution >= 4 is 17.7 Å². The van der Waals surface area contributed by atoms with Crippen molar-refractivity contribution in [1.82, 2.24) is 19.8 Å². The molecule has 3 rings (SSSR count). The minimum Gasteiger partial charge on any atom is -0.272 e. The Morgan fingerprint density at radius 1 is 1.22 bits per heavy atom. The van der Waals surface area contributed by atoms with Crippen LogP contribution in [-0.2, 0) is 0 Å². The molecule has 2 N–H and O–H groups in total. The zero-order chi connectivity index (χ0) is 12.7. The van der Waals surface area contributed by atoms with Gasteiger partial charge in [-0.2, -0.15) is 9.61 Å². The standard InChI is InChI=1S/C11H7FN4OS/c12-7-3-1-6(2-4-7)8-5-9-10(17)13-14-11(18)16(9)15-8/h1-5H,(H,13,17)(H,14,18). The number of hydrogen-bond acceptors (Lipinski definition) is 3. The summed E-state index contributed by atoms with van der Waals surface area (Å²) in [6.45, 7) is 0. The monoisotopic (exact) mass is 262 g/mol. The van der Waals surface area contributed by atoms with Crippen LogP contribution < -0.4 is 5.56 Å². The highest BCUT2D eigenvalue weighted by atomic mass is 32.1. The number of rotatable bonds is 1. The van der Waals surface area contributed by atoms with Gasteiger partial charge in [-0.25, -0.2) is 4.39 Å². The number of fused-ring (bicyclic) bond motifs is 1. The third-order valence-electron chi connectivity index (χ3n) is 2.56. The van der Waals surface area contributed by atoms with Crippen molar-refractivity contribution < 1.29 is 4.39 Å². The van der Waals surface area contributed by atoms with Gasteiger partial charge in [-0.3, -0.25) is 15.0 Å². The lowest BCUT2D eigenvalue weighted by Gasteiger charge is -1.94. The van der Waals surface area contributed by atoms with Gasteiger partial charge in [0.15, 0.2) is 0 Å². The first kappa shape index (κ1) is 10.8. The van der Waals surface area contributed by atoms with E-state index in [0.29, 0.717) is 16.8 Å². The fourth-order valence-electron chi connectivity index (χ4n) is 1.69. The molecule has 2 heterocycles. The van der Waals surface area contributed by atoms with Crippen LogP contribution in [0.15, 0.2) is 35.1 Å². The molecule has 0 saturated heterocycles. The number of benzene rings is 1. The predicted molar refractivity (Wildman–Crippen MR) is 66.4 cm³/mol. The molecule has 0 saturated carbocycles. The number of H-pyrrole nitrogens is 2. The second-order valence-corrected chi connectivity index (χ2v) is 4.10. The normalized spacial score (nSPS) is 10.9. The van der Waals surface area contributed by atoms with Gasteiger partial charge < -0.3 is 0 Å². The van der Waals surface area contributed by atoms with Gasteiger partial charge in [0.25, 0.3) is 5.56 Å². The van der Waals surface area contributed by atoms with Crippen LogP contribution in [0, 0.1) is 10.6 Å². The maximum atomic E-state index is 12.8. The Morgan fingerprint density at radius 3 is 2.61 bits per heavy atom. The van der Waals surface area contributed by atoms with E-state index < -0.39 is 0 Å². The molecule has 3 aromatic rings. The van der Waals surface area contributed by atoms with Gasteiger partial charge in [-0.1, -0.05) is 0 Å². The average Bonchev–Trinajstić information content (AvgIpc) is 2.81. The lowest BCUT2D eigenvalue weighted by molar-refractivity contribution is 0.628. The first-order valence-electron chi connectivity index (χ1n) is 5.12. The Kier molecular flexibility index (Phi) is 2.34. The highest BCUT2D eigenvalue weighted by Gasteiger charge is 2.08. The topological polar surface area (TPSA) is 66.0 Å². The van der Waals surface area contributed by atoms with E-state index in [-0.39, 0.29) is 16.1 Å². The molecular formula is C11H7FN4OS. The Morgan fingerprint density at radius 2 is 1.94 bits per heavy atom. The smallest absolute Gasteiger partial charge is 0.272 e. The minimum atomic E-state index is -0.322. The molecule has 0 amide bonds. The van der Waals surface area contributed by atoms with Crippen molar-refractivity contribution in [3.05, 3.63) is 51.3 Å². The number of aromatic amines is 2. The van der Waals surface area contributed by atoms with Crippen molar-refractivity contribution in [2.75, 3.05) is 0 Å². The van der Waals surface area contributed by atoms with Gasteiger partial charge >= 0.3 is 0 Å². The first-order chi connectivity index (χ1) is 8.65. The van der Waals surface area contributed by atoms with Gasteiger partial charge in [0, 0.05) is 5.56 Å². The molecule has 0 bridgehead atoms. The molecule has 0 unspecified atom stereocenters. The third-order valence-corrected chi connectivity index (χ3v) is 2.83. The molecule has 0 aliphatic heterocycles. The maximum absolute atomic E-state index is 12.8. The highest BCUT2D eigenvalue weighted by Crippen LogP contribution is 2.18. The zero-order valence-electron chi connectivity index (χ0n) is 8.98. The molecule has 2 aromatic heterocycles. The Hall–Kier alpha value is -2.28. The van der Waals surface area contributed by atoms with E-state index in [0.717, 1.165) is 0 Å². The number of nitrogens with one attached hydrogen (secondary N) is 2. The lowest BCUT2D eigenvalue weighted by atomic mass is 10.1. The number of nitrogens with zero attached hydrogens (tertiary/aromatic N) is 2. The van der Waals surface area contributed by atoms with E-state index in [9.17, 15) is 9.18 Å². The molecule has 0 aliphatic carbocycles. The largest absolute Gasteiger partial charge is 0.288 e. The molecule has 0 radical (unpaired) electrons. The fourth-order valence-corrected chi connectivity index (χ4v) is 1.88. The summed E-state index contributed by atoms with van der Waals surface area (Å²) in [5, 5.41) is 9.16. The Balaban J connectivity index is 2.29. The van der Waals surface area contributed by atoms with E-state index in [1.54, 1.807) is 18.2 Å². The van der Waals surface area contributed by atoms with Crippen LogP contribution in [0.3, 0.4) is 0 Å². The number of aromatic nitrogens is 4. The third kappa shape index (κ3) is 1.65. The summed E-state index contributed by atoms with van der Waals surface area (Å²) in [5.41, 5.74) is 1.31. The summed E-state index contributed by atoms with van der Waals surface area (Å²) in [4.78, 5) is 11.6. The van der Waals surface area contributed by atoms with Gasteiger partial charge in [-0.05, 0) is 42.5 Å². The highest BCUT2D eigenvalue weighted by molar-refractivity contribution is 7.71. The summed E-state index contributed by atoms with van der Waals surface area (Å²) >= 11 is 5.01. The van der Waals surface area contributed by atoms with Gasteiger partial charge in [0.05, 0.1) is 5.69 Å². The molecule has 0 spiro atoms. The molecule has 90 valence electrons. The first-order valence-corrected chi connectivity index (χ1v) is 5.53. The van der Waals surface area contributed by atoms with E-state index in [1.165, 1.54) is 16.6 Å². The van der Waals surface area contributed by atoms with E-state index in [1.807, 2.05) is 0 Å². The molecule has 0 atom stereocenters. The van der Waals surface area contributed by atoms with Crippen LogP contribution in [0.25, 0.3) is 16.8 Å². The quantitative estimate of drug-likeness (QED) is 0.658. The van der Waals surface area contributed by atoms with Crippen LogP contribution in [0.2, 0.25) is 0 Å². The molecule has 5 nitrogen and oxygen atoms in total. The molecular weight excluding hydrogens is 255 g/mol. The van der Waals surface area contributed by atoms with Crippen molar-refractivity contribution in [2.24, 2.45) is 0 Å². The average molecular weight is 262 g/mol. The van der Waals surface area contributed by atoms with Gasteiger partial charge in [0.2, 0.25) is 4.77 Å². The van der Waals surface area contributed by atoms with Crippen molar-refractivity contribution in [3.8, 4) is 11.3 Å². The van der Waals surface area contributed by atoms with E-state index >= 15 is 0 Å². The summed E-state index contributed by atoms with van der Waals surface area (Å²) in [5.74, 6) is -0.322. The van der Waals surface area contributed by atoms with Crippen LogP contribution in [0.4, 0.5) is 4.39 Å². The van der Waals surface area contributed by atoms with Crippen molar-refractivity contribution in [2.45, 2.75) is 0 Å². The molecule has 1 aromatic carbocycles. The molecule has 0 aliphatic rings. The molecule has 7 heteroatoms. The second kappa shape index (κ2) is 3.88. The lowest BCUT2D eigenvalue weighted by Crippen LogP contribution is -2.12.